The summed E-state index contributed by atoms with van der Waals surface area (Å²) in [5, 5.41) is 1.84. The molecule has 19 heavy (non-hydrogen) atoms. The molecule has 0 radical (unpaired) electrons. The van der Waals surface area contributed by atoms with Gasteiger partial charge in [-0.25, -0.2) is 0 Å². The predicted molar refractivity (Wildman–Crippen MR) is 87.4 cm³/mol. The van der Waals surface area contributed by atoms with Crippen molar-refractivity contribution >= 4 is 27.5 Å². The Bertz CT molecular complexity index is 496. The summed E-state index contributed by atoms with van der Waals surface area (Å²) in [6, 6.07) is 18.8. The van der Waals surface area contributed by atoms with Gasteiger partial charge in [-0.3, -0.25) is 0 Å². The van der Waals surface area contributed by atoms with Gasteiger partial charge in [-0.2, -0.15) is 0 Å². The number of aryl methyl sites for hydroxylation is 1. The molecule has 0 aliphatic carbocycles. The number of hydrogen-bond acceptors (Lipinski definition) is 0. The molecule has 0 saturated heterocycles. The maximum Gasteiger partial charge on any atom is 0.0441 e. The van der Waals surface area contributed by atoms with Crippen LogP contribution in [0.2, 0.25) is 5.02 Å². The van der Waals surface area contributed by atoms with Crippen molar-refractivity contribution in [1.29, 1.82) is 0 Å². The van der Waals surface area contributed by atoms with E-state index in [1.165, 1.54) is 17.5 Å². The van der Waals surface area contributed by atoms with Gasteiger partial charge >= 0.3 is 0 Å². The first kappa shape index (κ1) is 14.6. The summed E-state index contributed by atoms with van der Waals surface area (Å²) in [6.45, 7) is 0. The molecule has 0 aliphatic heterocycles. The molecule has 0 aliphatic rings. The minimum atomic E-state index is 0.498. The second-order valence-corrected chi connectivity index (χ2v) is 5.81. The fourth-order valence-corrected chi connectivity index (χ4v) is 3.28. The van der Waals surface area contributed by atoms with E-state index in [1.807, 2.05) is 12.1 Å². The quantitative estimate of drug-likeness (QED) is 0.581. The molecular formula is C17H18BrCl. The largest absolute Gasteiger partial charge is 0.0921 e. The normalized spacial score (nSPS) is 12.3. The number of halogens is 2. The molecule has 0 aromatic heterocycles. The number of rotatable bonds is 6. The van der Waals surface area contributed by atoms with E-state index in [0.717, 1.165) is 23.2 Å². The highest BCUT2D eigenvalue weighted by atomic mass is 79.9. The molecule has 0 spiro atoms. The minimum absolute atomic E-state index is 0.498. The van der Waals surface area contributed by atoms with Gasteiger partial charge in [0.15, 0.2) is 0 Å². The van der Waals surface area contributed by atoms with Crippen LogP contribution < -0.4 is 0 Å². The lowest BCUT2D eigenvalue weighted by Crippen LogP contribution is -2.02. The lowest BCUT2D eigenvalue weighted by Gasteiger charge is -2.16. The average molecular weight is 338 g/mol. The highest BCUT2D eigenvalue weighted by Crippen LogP contribution is 2.29. The molecule has 0 nitrogen and oxygen atoms in total. The van der Waals surface area contributed by atoms with E-state index in [-0.39, 0.29) is 0 Å². The van der Waals surface area contributed by atoms with Gasteiger partial charge in [-0.05, 0) is 42.4 Å². The molecule has 0 amide bonds. The third-order valence-corrected chi connectivity index (χ3v) is 4.52. The van der Waals surface area contributed by atoms with E-state index >= 15 is 0 Å². The van der Waals surface area contributed by atoms with Crippen molar-refractivity contribution in [3.05, 3.63) is 70.7 Å². The summed E-state index contributed by atoms with van der Waals surface area (Å²) in [7, 11) is 0. The lowest BCUT2D eigenvalue weighted by molar-refractivity contribution is 0.643. The van der Waals surface area contributed by atoms with Gasteiger partial charge in [0, 0.05) is 10.4 Å². The number of alkyl halides is 1. The van der Waals surface area contributed by atoms with Crippen LogP contribution in [0.3, 0.4) is 0 Å². The molecule has 2 heteroatoms. The molecule has 0 fully saturated rings. The third-order valence-electron chi connectivity index (χ3n) is 3.39. The Kier molecular flexibility index (Phi) is 5.93. The standard InChI is InChI=1S/C17H18BrCl/c18-13-15(16-11-4-5-12-17(16)19)10-6-9-14-7-2-1-3-8-14/h1-5,7-8,11-12,15H,6,9-10,13H2. The molecule has 1 unspecified atom stereocenters. The van der Waals surface area contributed by atoms with Gasteiger partial charge in [-0.1, -0.05) is 76.1 Å². The Balaban J connectivity index is 1.92. The molecular weight excluding hydrogens is 320 g/mol. The van der Waals surface area contributed by atoms with Crippen LogP contribution in [-0.2, 0) is 6.42 Å². The molecule has 0 saturated carbocycles. The molecule has 100 valence electrons. The van der Waals surface area contributed by atoms with Crippen molar-refractivity contribution in [3.8, 4) is 0 Å². The van der Waals surface area contributed by atoms with Gasteiger partial charge in [-0.15, -0.1) is 0 Å². The maximum atomic E-state index is 6.27. The molecule has 2 aromatic rings. The fourth-order valence-electron chi connectivity index (χ4n) is 2.32. The smallest absolute Gasteiger partial charge is 0.0441 e. The molecule has 1 atom stereocenters. The molecule has 0 bridgehead atoms. The van der Waals surface area contributed by atoms with Crippen molar-refractivity contribution < 1.29 is 0 Å². The maximum absolute atomic E-state index is 6.27. The van der Waals surface area contributed by atoms with E-state index in [4.69, 9.17) is 11.6 Å². The number of hydrogen-bond donors (Lipinski definition) is 0. The van der Waals surface area contributed by atoms with Crippen LogP contribution in [-0.4, -0.2) is 5.33 Å². The Morgan fingerprint density at radius 3 is 2.32 bits per heavy atom. The zero-order chi connectivity index (χ0) is 13.5. The van der Waals surface area contributed by atoms with E-state index in [9.17, 15) is 0 Å². The Morgan fingerprint density at radius 2 is 1.63 bits per heavy atom. The van der Waals surface area contributed by atoms with Crippen LogP contribution in [0.15, 0.2) is 54.6 Å². The van der Waals surface area contributed by atoms with Crippen molar-refractivity contribution in [2.24, 2.45) is 0 Å². The van der Waals surface area contributed by atoms with Gasteiger partial charge in [0.1, 0.15) is 0 Å². The topological polar surface area (TPSA) is 0 Å². The summed E-state index contributed by atoms with van der Waals surface area (Å²) >= 11 is 9.89. The monoisotopic (exact) mass is 336 g/mol. The minimum Gasteiger partial charge on any atom is -0.0921 e. The summed E-state index contributed by atoms with van der Waals surface area (Å²) in [5.41, 5.74) is 2.67. The van der Waals surface area contributed by atoms with Crippen molar-refractivity contribution in [3.63, 3.8) is 0 Å². The van der Waals surface area contributed by atoms with E-state index < -0.39 is 0 Å². The van der Waals surface area contributed by atoms with Crippen LogP contribution in [0.25, 0.3) is 0 Å². The lowest BCUT2D eigenvalue weighted by atomic mass is 9.94. The second kappa shape index (κ2) is 7.72. The van der Waals surface area contributed by atoms with Crippen molar-refractivity contribution in [2.75, 3.05) is 5.33 Å². The summed E-state index contributed by atoms with van der Waals surface area (Å²) in [6.07, 6.45) is 3.48. The molecule has 0 N–H and O–H groups in total. The van der Waals surface area contributed by atoms with E-state index in [0.29, 0.717) is 5.92 Å². The third kappa shape index (κ3) is 4.36. The Hall–Kier alpha value is -0.790. The van der Waals surface area contributed by atoms with Crippen LogP contribution in [0.4, 0.5) is 0 Å². The summed E-state index contributed by atoms with van der Waals surface area (Å²) < 4.78 is 0. The number of benzene rings is 2. The highest BCUT2D eigenvalue weighted by molar-refractivity contribution is 9.09. The van der Waals surface area contributed by atoms with Crippen LogP contribution in [0.5, 0.6) is 0 Å². The Labute approximate surface area is 128 Å². The Morgan fingerprint density at radius 1 is 0.947 bits per heavy atom. The van der Waals surface area contributed by atoms with Crippen LogP contribution in [0.1, 0.15) is 29.9 Å². The van der Waals surface area contributed by atoms with Crippen LogP contribution in [0, 0.1) is 0 Å². The van der Waals surface area contributed by atoms with Crippen molar-refractivity contribution in [2.45, 2.75) is 25.2 Å². The average Bonchev–Trinajstić information content (AvgIpc) is 2.46. The summed E-state index contributed by atoms with van der Waals surface area (Å²) in [5.74, 6) is 0.498. The predicted octanol–water partition coefficient (Wildman–Crippen LogP) is 5.84. The fraction of sp³-hybridized carbons (Fsp3) is 0.294. The van der Waals surface area contributed by atoms with Gasteiger partial charge in [0.05, 0.1) is 0 Å². The zero-order valence-electron chi connectivity index (χ0n) is 10.9. The first-order valence-corrected chi connectivity index (χ1v) is 8.15. The van der Waals surface area contributed by atoms with Gasteiger partial charge < -0.3 is 0 Å². The second-order valence-electron chi connectivity index (χ2n) is 4.75. The van der Waals surface area contributed by atoms with E-state index in [1.54, 1.807) is 0 Å². The SMILES string of the molecule is Clc1ccccc1C(CBr)CCCc1ccccc1. The van der Waals surface area contributed by atoms with Gasteiger partial charge in [0.2, 0.25) is 0 Å². The highest BCUT2D eigenvalue weighted by Gasteiger charge is 2.12. The molecule has 2 rings (SSSR count). The van der Waals surface area contributed by atoms with Crippen molar-refractivity contribution in [1.82, 2.24) is 0 Å². The molecule has 0 heterocycles. The zero-order valence-corrected chi connectivity index (χ0v) is 13.2. The molecule has 2 aromatic carbocycles. The van der Waals surface area contributed by atoms with Crippen LogP contribution >= 0.6 is 27.5 Å². The first-order valence-electron chi connectivity index (χ1n) is 6.65. The first-order chi connectivity index (χ1) is 9.31. The summed E-state index contributed by atoms with van der Waals surface area (Å²) in [4.78, 5) is 0. The van der Waals surface area contributed by atoms with E-state index in [2.05, 4.69) is 58.4 Å². The van der Waals surface area contributed by atoms with Gasteiger partial charge in [0.25, 0.3) is 0 Å².